The largest absolute Gasteiger partial charge is 0.383 e. The fourth-order valence-electron chi connectivity index (χ4n) is 1.44. The maximum atomic E-state index is 11.6. The van der Waals surface area contributed by atoms with Crippen LogP contribution in [0.2, 0.25) is 0 Å². The molecule has 0 aromatic carbocycles. The molecule has 1 aliphatic rings. The predicted molar refractivity (Wildman–Crippen MR) is 54.8 cm³/mol. The van der Waals surface area contributed by atoms with Gasteiger partial charge in [-0.15, -0.1) is 0 Å². The van der Waals surface area contributed by atoms with Crippen LogP contribution in [0.25, 0.3) is 0 Å². The lowest BCUT2D eigenvalue weighted by Gasteiger charge is -2.27. The van der Waals surface area contributed by atoms with E-state index in [1.165, 1.54) is 0 Å². The van der Waals surface area contributed by atoms with Crippen LogP contribution < -0.4 is 10.2 Å². The average molecular weight is 208 g/mol. The number of nitrogens with zero attached hydrogens (tertiary/aromatic N) is 3. The van der Waals surface area contributed by atoms with E-state index in [1.807, 2.05) is 0 Å². The van der Waals surface area contributed by atoms with E-state index in [4.69, 9.17) is 4.74 Å². The van der Waals surface area contributed by atoms with Gasteiger partial charge in [0.05, 0.1) is 19.7 Å². The number of hydrogen-bond donors (Lipinski definition) is 1. The Hall–Kier alpha value is -1.69. The maximum absolute atomic E-state index is 11.6. The highest BCUT2D eigenvalue weighted by molar-refractivity contribution is 6.00. The van der Waals surface area contributed by atoms with Crippen LogP contribution >= 0.6 is 0 Å². The third-order valence-electron chi connectivity index (χ3n) is 2.16. The van der Waals surface area contributed by atoms with Crippen molar-refractivity contribution in [1.82, 2.24) is 9.97 Å². The number of carbonyl (C=O) groups is 1. The van der Waals surface area contributed by atoms with Gasteiger partial charge in [-0.3, -0.25) is 9.69 Å². The van der Waals surface area contributed by atoms with Crippen LogP contribution in [0.3, 0.4) is 0 Å². The Morgan fingerprint density at radius 3 is 3.13 bits per heavy atom. The van der Waals surface area contributed by atoms with E-state index in [0.29, 0.717) is 24.8 Å². The van der Waals surface area contributed by atoms with E-state index in [9.17, 15) is 4.79 Å². The summed E-state index contributed by atoms with van der Waals surface area (Å²) in [7, 11) is 1.60. The summed E-state index contributed by atoms with van der Waals surface area (Å²) in [5.74, 6) is 1.21. The molecule has 80 valence electrons. The highest BCUT2D eigenvalue weighted by atomic mass is 16.5. The number of nitrogens with one attached hydrogen (secondary N) is 1. The average Bonchev–Trinajstić information content (AvgIpc) is 2.28. The van der Waals surface area contributed by atoms with Gasteiger partial charge in [0.2, 0.25) is 5.91 Å². The van der Waals surface area contributed by atoms with Crippen molar-refractivity contribution in [3.05, 3.63) is 12.4 Å². The lowest BCUT2D eigenvalue weighted by atomic mass is 10.3. The summed E-state index contributed by atoms with van der Waals surface area (Å²) in [6.07, 6.45) is 3.16. The minimum Gasteiger partial charge on any atom is -0.383 e. The quantitative estimate of drug-likeness (QED) is 0.750. The van der Waals surface area contributed by atoms with E-state index in [0.717, 1.165) is 0 Å². The van der Waals surface area contributed by atoms with Gasteiger partial charge < -0.3 is 10.1 Å². The summed E-state index contributed by atoms with van der Waals surface area (Å²) >= 11 is 0. The molecule has 6 heteroatoms. The van der Waals surface area contributed by atoms with Gasteiger partial charge in [0, 0.05) is 19.5 Å². The first-order valence-corrected chi connectivity index (χ1v) is 4.67. The zero-order chi connectivity index (χ0) is 10.7. The van der Waals surface area contributed by atoms with E-state index in [2.05, 4.69) is 15.3 Å². The summed E-state index contributed by atoms with van der Waals surface area (Å²) in [5, 5.41) is 2.91. The Kier molecular flexibility index (Phi) is 2.77. The van der Waals surface area contributed by atoms with Crippen molar-refractivity contribution in [1.29, 1.82) is 0 Å². The second-order valence-electron chi connectivity index (χ2n) is 3.12. The third kappa shape index (κ3) is 1.89. The third-order valence-corrected chi connectivity index (χ3v) is 2.16. The second kappa shape index (κ2) is 4.22. The Balaban J connectivity index is 2.25. The second-order valence-corrected chi connectivity index (χ2v) is 3.12. The van der Waals surface area contributed by atoms with Crippen LogP contribution in [-0.4, -0.2) is 42.7 Å². The van der Waals surface area contributed by atoms with Crippen molar-refractivity contribution in [3.63, 3.8) is 0 Å². The van der Waals surface area contributed by atoms with Crippen molar-refractivity contribution < 1.29 is 9.53 Å². The predicted octanol–water partition coefficient (Wildman–Crippen LogP) is -0.119. The van der Waals surface area contributed by atoms with Crippen molar-refractivity contribution in [2.45, 2.75) is 0 Å². The van der Waals surface area contributed by atoms with Crippen LogP contribution in [0.5, 0.6) is 0 Å². The highest BCUT2D eigenvalue weighted by Crippen LogP contribution is 2.23. The summed E-state index contributed by atoms with van der Waals surface area (Å²) < 4.78 is 4.95. The topological polar surface area (TPSA) is 67.3 Å². The van der Waals surface area contributed by atoms with Gasteiger partial charge >= 0.3 is 0 Å². The van der Waals surface area contributed by atoms with Gasteiger partial charge in [-0.25, -0.2) is 9.97 Å². The van der Waals surface area contributed by atoms with Gasteiger partial charge in [0.25, 0.3) is 0 Å². The minimum atomic E-state index is -0.0138. The van der Waals surface area contributed by atoms with Crippen LogP contribution in [0.15, 0.2) is 12.4 Å². The SMILES string of the molecule is COCCN1C(=O)CNc2nccnc21. The van der Waals surface area contributed by atoms with Gasteiger partial charge in [0.15, 0.2) is 11.6 Å². The minimum absolute atomic E-state index is 0.0138. The Morgan fingerprint density at radius 1 is 1.53 bits per heavy atom. The molecule has 0 bridgehead atoms. The number of amides is 1. The molecule has 1 aliphatic heterocycles. The molecule has 0 aliphatic carbocycles. The Bertz CT molecular complexity index is 369. The lowest BCUT2D eigenvalue weighted by Crippen LogP contribution is -2.42. The van der Waals surface area contributed by atoms with Crippen molar-refractivity contribution in [2.24, 2.45) is 0 Å². The van der Waals surface area contributed by atoms with E-state index in [1.54, 1.807) is 24.4 Å². The summed E-state index contributed by atoms with van der Waals surface area (Å²) in [6, 6.07) is 0. The number of anilines is 2. The van der Waals surface area contributed by atoms with Gasteiger partial charge in [0.1, 0.15) is 0 Å². The summed E-state index contributed by atoms with van der Waals surface area (Å²) in [5.41, 5.74) is 0. The monoisotopic (exact) mass is 208 g/mol. The smallest absolute Gasteiger partial charge is 0.247 e. The normalized spacial score (nSPS) is 14.7. The van der Waals surface area contributed by atoms with Crippen molar-refractivity contribution in [2.75, 3.05) is 37.0 Å². The molecule has 0 saturated carbocycles. The first kappa shape index (κ1) is 9.85. The van der Waals surface area contributed by atoms with Crippen molar-refractivity contribution >= 4 is 17.5 Å². The molecule has 2 heterocycles. The van der Waals surface area contributed by atoms with E-state index < -0.39 is 0 Å². The first-order valence-electron chi connectivity index (χ1n) is 4.67. The molecule has 1 amide bonds. The molecule has 0 atom stereocenters. The van der Waals surface area contributed by atoms with Crippen LogP contribution in [0.1, 0.15) is 0 Å². The lowest BCUT2D eigenvalue weighted by molar-refractivity contribution is -0.117. The number of hydrogen-bond acceptors (Lipinski definition) is 5. The van der Waals surface area contributed by atoms with Crippen LogP contribution in [-0.2, 0) is 9.53 Å². The maximum Gasteiger partial charge on any atom is 0.247 e. The van der Waals surface area contributed by atoms with Gasteiger partial charge in [-0.2, -0.15) is 0 Å². The molecule has 0 spiro atoms. The van der Waals surface area contributed by atoms with E-state index in [-0.39, 0.29) is 12.5 Å². The molecular formula is C9H12N4O2. The zero-order valence-corrected chi connectivity index (χ0v) is 8.43. The first-order chi connectivity index (χ1) is 7.33. The molecule has 0 radical (unpaired) electrons. The van der Waals surface area contributed by atoms with Crippen molar-refractivity contribution in [3.8, 4) is 0 Å². The Morgan fingerprint density at radius 2 is 2.33 bits per heavy atom. The summed E-state index contributed by atoms with van der Waals surface area (Å²) in [4.78, 5) is 21.4. The molecule has 0 fully saturated rings. The van der Waals surface area contributed by atoms with Gasteiger partial charge in [-0.05, 0) is 0 Å². The van der Waals surface area contributed by atoms with Crippen LogP contribution in [0.4, 0.5) is 11.6 Å². The number of carbonyl (C=O) groups excluding carboxylic acids is 1. The molecule has 1 aromatic heterocycles. The number of aromatic nitrogens is 2. The number of methoxy groups -OCH3 is 1. The number of fused-ring (bicyclic) bond motifs is 1. The number of rotatable bonds is 3. The van der Waals surface area contributed by atoms with Crippen LogP contribution in [0, 0.1) is 0 Å². The number of ether oxygens (including phenoxy) is 1. The molecule has 0 unspecified atom stereocenters. The molecule has 0 saturated heterocycles. The highest BCUT2D eigenvalue weighted by Gasteiger charge is 2.25. The molecule has 2 rings (SSSR count). The summed E-state index contributed by atoms with van der Waals surface area (Å²) in [6.45, 7) is 1.25. The fraction of sp³-hybridized carbons (Fsp3) is 0.444. The fourth-order valence-corrected chi connectivity index (χ4v) is 1.44. The zero-order valence-electron chi connectivity index (χ0n) is 8.43. The molecule has 1 aromatic rings. The Labute approximate surface area is 87.3 Å². The van der Waals surface area contributed by atoms with E-state index >= 15 is 0 Å². The molecule has 15 heavy (non-hydrogen) atoms. The molecule has 6 nitrogen and oxygen atoms in total. The molecule has 1 N–H and O–H groups in total. The van der Waals surface area contributed by atoms with Gasteiger partial charge in [-0.1, -0.05) is 0 Å². The standard InChI is InChI=1S/C9H12N4O2/c1-15-5-4-13-7(14)6-12-8-9(13)11-3-2-10-8/h2-3H,4-6H2,1H3,(H,10,12). The molecular weight excluding hydrogens is 196 g/mol.